The molecule has 2 N–H and O–H groups in total. The summed E-state index contributed by atoms with van der Waals surface area (Å²) >= 11 is 0. The van der Waals surface area contributed by atoms with E-state index in [4.69, 9.17) is 24.7 Å². The predicted octanol–water partition coefficient (Wildman–Crippen LogP) is 2.25. The first-order valence-electron chi connectivity index (χ1n) is 9.17. The van der Waals surface area contributed by atoms with Gasteiger partial charge in [0.25, 0.3) is 0 Å². The van der Waals surface area contributed by atoms with Crippen LogP contribution in [0.1, 0.15) is 5.56 Å². The molecule has 0 spiro atoms. The highest BCUT2D eigenvalue weighted by molar-refractivity contribution is 6.00. The first-order valence-corrected chi connectivity index (χ1v) is 9.17. The Balaban J connectivity index is 2.00. The number of pyridine rings is 1. The van der Waals surface area contributed by atoms with E-state index < -0.39 is 0 Å². The minimum Gasteiger partial charge on any atom is -0.493 e. The van der Waals surface area contributed by atoms with Gasteiger partial charge < -0.3 is 24.7 Å². The molecule has 3 heterocycles. The quantitative estimate of drug-likeness (QED) is 0.531. The molecule has 0 saturated carbocycles. The third kappa shape index (κ3) is 2.49. The third-order valence-corrected chi connectivity index (χ3v) is 5.26. The highest BCUT2D eigenvalue weighted by Crippen LogP contribution is 2.38. The van der Waals surface area contributed by atoms with E-state index in [1.807, 2.05) is 16.5 Å². The molecule has 5 rings (SSSR count). The van der Waals surface area contributed by atoms with Gasteiger partial charge in [-0.2, -0.15) is 0 Å². The second-order valence-corrected chi connectivity index (χ2v) is 6.76. The van der Waals surface area contributed by atoms with Crippen LogP contribution in [0.25, 0.3) is 27.3 Å². The van der Waals surface area contributed by atoms with Crippen molar-refractivity contribution in [3.8, 4) is 23.0 Å². The van der Waals surface area contributed by atoms with Gasteiger partial charge in [0.05, 0.1) is 36.2 Å². The molecule has 8 heteroatoms. The third-order valence-electron chi connectivity index (χ3n) is 5.26. The van der Waals surface area contributed by atoms with Gasteiger partial charge in [0, 0.05) is 23.1 Å². The number of fused-ring (bicyclic) bond motifs is 6. The molecule has 0 radical (unpaired) electrons. The Morgan fingerprint density at radius 3 is 2.52 bits per heavy atom. The van der Waals surface area contributed by atoms with E-state index in [0.29, 0.717) is 57.9 Å². The van der Waals surface area contributed by atoms with Gasteiger partial charge >= 0.3 is 0 Å². The van der Waals surface area contributed by atoms with E-state index in [1.165, 1.54) is 0 Å². The lowest BCUT2D eigenvalue weighted by Crippen LogP contribution is -2.18. The fourth-order valence-electron chi connectivity index (χ4n) is 3.92. The number of nitrogens with two attached hydrogens (primary N) is 1. The molecule has 0 unspecified atom stereocenters. The van der Waals surface area contributed by atoms with Gasteiger partial charge in [-0.25, -0.2) is 4.98 Å². The second-order valence-electron chi connectivity index (χ2n) is 6.76. The number of methoxy groups -OCH3 is 2. The van der Waals surface area contributed by atoms with Gasteiger partial charge in [-0.05, 0) is 25.1 Å². The predicted molar refractivity (Wildman–Crippen MR) is 108 cm³/mol. The van der Waals surface area contributed by atoms with E-state index in [0.717, 1.165) is 10.9 Å². The van der Waals surface area contributed by atoms with Crippen molar-refractivity contribution in [2.75, 3.05) is 27.6 Å². The maximum Gasteiger partial charge on any atom is 0.231 e. The summed E-state index contributed by atoms with van der Waals surface area (Å²) < 4.78 is 23.7. The summed E-state index contributed by atoms with van der Waals surface area (Å²) in [5, 5.41) is 1.32. The minimum absolute atomic E-state index is 0.0865. The molecule has 8 nitrogen and oxygen atoms in total. The van der Waals surface area contributed by atoms with Crippen LogP contribution in [0.4, 0.5) is 0 Å². The first-order chi connectivity index (χ1) is 14.2. The lowest BCUT2D eigenvalue weighted by Gasteiger charge is -2.16. The molecule has 0 fully saturated rings. The van der Waals surface area contributed by atoms with Crippen molar-refractivity contribution >= 4 is 27.3 Å². The SMILES string of the molecule is COc1cc2c(=O)c(CCN)c3c4cc5c(cc4ncn3c2cc1OC)OCO5. The van der Waals surface area contributed by atoms with E-state index >= 15 is 0 Å². The number of aromatic nitrogens is 2. The number of rotatable bonds is 4. The van der Waals surface area contributed by atoms with Crippen LogP contribution in [-0.4, -0.2) is 36.9 Å². The largest absolute Gasteiger partial charge is 0.493 e. The van der Waals surface area contributed by atoms with Gasteiger partial charge in [0.1, 0.15) is 6.33 Å². The summed E-state index contributed by atoms with van der Waals surface area (Å²) in [7, 11) is 3.10. The minimum atomic E-state index is -0.0865. The fourth-order valence-corrected chi connectivity index (χ4v) is 3.92. The van der Waals surface area contributed by atoms with Crippen LogP contribution in [0.15, 0.2) is 35.4 Å². The molecule has 0 saturated heterocycles. The van der Waals surface area contributed by atoms with Crippen LogP contribution in [0.3, 0.4) is 0 Å². The van der Waals surface area contributed by atoms with Gasteiger partial charge in [0.15, 0.2) is 28.4 Å². The first kappa shape index (κ1) is 17.6. The van der Waals surface area contributed by atoms with Crippen molar-refractivity contribution < 1.29 is 18.9 Å². The lowest BCUT2D eigenvalue weighted by atomic mass is 10.0. The summed E-state index contributed by atoms with van der Waals surface area (Å²) in [6, 6.07) is 7.18. The van der Waals surface area contributed by atoms with Gasteiger partial charge in [0.2, 0.25) is 6.79 Å². The number of nitrogens with zero attached hydrogens (tertiary/aromatic N) is 2. The van der Waals surface area contributed by atoms with Crippen molar-refractivity contribution in [1.82, 2.24) is 9.38 Å². The van der Waals surface area contributed by atoms with Gasteiger partial charge in [-0.1, -0.05) is 0 Å². The Hall–Kier alpha value is -3.52. The van der Waals surface area contributed by atoms with E-state index in [1.54, 1.807) is 32.7 Å². The molecule has 4 aromatic rings. The average Bonchev–Trinajstić information content (AvgIpc) is 3.21. The summed E-state index contributed by atoms with van der Waals surface area (Å²) in [6.07, 6.45) is 2.13. The van der Waals surface area contributed by atoms with E-state index in [9.17, 15) is 4.79 Å². The molecule has 0 aliphatic carbocycles. The number of hydrogen-bond acceptors (Lipinski definition) is 7. The maximum absolute atomic E-state index is 13.4. The fraction of sp³-hybridized carbons (Fsp3) is 0.238. The molecule has 1 aliphatic rings. The maximum atomic E-state index is 13.4. The smallest absolute Gasteiger partial charge is 0.231 e. The second kappa shape index (κ2) is 6.52. The van der Waals surface area contributed by atoms with Gasteiger partial charge in [-0.15, -0.1) is 0 Å². The van der Waals surface area contributed by atoms with E-state index in [-0.39, 0.29) is 12.2 Å². The molecule has 148 valence electrons. The molecule has 0 atom stereocenters. The van der Waals surface area contributed by atoms with Crippen LogP contribution in [0.5, 0.6) is 23.0 Å². The number of hydrogen-bond donors (Lipinski definition) is 1. The van der Waals surface area contributed by atoms with Crippen molar-refractivity contribution in [1.29, 1.82) is 0 Å². The zero-order valence-electron chi connectivity index (χ0n) is 16.0. The highest BCUT2D eigenvalue weighted by Gasteiger charge is 2.21. The number of ether oxygens (including phenoxy) is 4. The summed E-state index contributed by atoms with van der Waals surface area (Å²) in [5.74, 6) is 2.30. The molecule has 1 aliphatic heterocycles. The molecule has 2 aromatic heterocycles. The lowest BCUT2D eigenvalue weighted by molar-refractivity contribution is 0.174. The molecule has 2 aromatic carbocycles. The van der Waals surface area contributed by atoms with Crippen LogP contribution in [-0.2, 0) is 6.42 Å². The standard InChI is InChI=1S/C21H19N3O5/c1-26-16-6-13-15(8-17(16)27-2)24-9-23-14-7-19-18(28-10-29-19)5-12(14)20(24)11(3-4-22)21(13)25/h5-9H,3-4,10,22H2,1-2H3. The zero-order valence-corrected chi connectivity index (χ0v) is 16.0. The molecular weight excluding hydrogens is 374 g/mol. The summed E-state index contributed by atoms with van der Waals surface area (Å²) in [5.41, 5.74) is 8.53. The summed E-state index contributed by atoms with van der Waals surface area (Å²) in [4.78, 5) is 18.0. The topological polar surface area (TPSA) is 97.3 Å². The Labute approximate surface area is 165 Å². The Morgan fingerprint density at radius 1 is 1.07 bits per heavy atom. The van der Waals surface area contributed by atoms with Crippen LogP contribution in [0.2, 0.25) is 0 Å². The van der Waals surface area contributed by atoms with E-state index in [2.05, 4.69) is 4.98 Å². The Kier molecular flexibility index (Phi) is 3.95. The van der Waals surface area contributed by atoms with Crippen LogP contribution >= 0.6 is 0 Å². The molecule has 0 amide bonds. The Morgan fingerprint density at radius 2 is 1.79 bits per heavy atom. The number of benzene rings is 2. The van der Waals surface area contributed by atoms with Gasteiger partial charge in [-0.3, -0.25) is 9.20 Å². The van der Waals surface area contributed by atoms with Crippen molar-refractivity contribution in [3.63, 3.8) is 0 Å². The molecule has 0 bridgehead atoms. The molecule has 29 heavy (non-hydrogen) atoms. The zero-order chi connectivity index (χ0) is 20.1. The average molecular weight is 393 g/mol. The normalized spacial score (nSPS) is 12.8. The van der Waals surface area contributed by atoms with Crippen molar-refractivity contribution in [2.45, 2.75) is 6.42 Å². The van der Waals surface area contributed by atoms with Crippen molar-refractivity contribution in [2.24, 2.45) is 5.73 Å². The van der Waals surface area contributed by atoms with Crippen molar-refractivity contribution in [3.05, 3.63) is 46.4 Å². The highest BCUT2D eigenvalue weighted by atomic mass is 16.7. The summed E-state index contributed by atoms with van der Waals surface area (Å²) in [6.45, 7) is 0.511. The molecular formula is C21H19N3O5. The van der Waals surface area contributed by atoms with Crippen LogP contribution in [0, 0.1) is 0 Å². The van der Waals surface area contributed by atoms with Crippen LogP contribution < -0.4 is 30.1 Å². The Bertz CT molecular complexity index is 1350. The monoisotopic (exact) mass is 393 g/mol.